The van der Waals surface area contributed by atoms with Crippen molar-refractivity contribution >= 4 is 34.7 Å². The summed E-state index contributed by atoms with van der Waals surface area (Å²) >= 11 is 1.42. The number of carbonyl (C=O) groups is 2. The SMILES string of the molecule is O=C(c1cnc(-c2ccccc2)s1)N1CCC2(CC1)CNc1ccc(-c3ccc(N4C[C@H](CO)OC4=O)cc3F)cc12. The first-order valence-electron chi connectivity index (χ1n) is 14.0. The van der Waals surface area contributed by atoms with Gasteiger partial charge >= 0.3 is 6.09 Å². The molecule has 0 unspecified atom stereocenters. The van der Waals surface area contributed by atoms with Crippen LogP contribution in [-0.2, 0) is 10.2 Å². The molecule has 3 aliphatic heterocycles. The molecule has 10 heteroatoms. The standard InChI is InChI=1S/C32H29FN4O4S/c33-26-15-22(37-17-23(18-38)41-31(37)40)7-8-24(26)21-6-9-27-25(14-21)32(19-35-27)10-12-36(13-11-32)30(39)28-16-34-29(42-28)20-4-2-1-3-5-20/h1-9,14-16,23,35,38H,10-13,17-19H2/t23-/m1/s1. The van der Waals surface area contributed by atoms with Crippen molar-refractivity contribution in [2.45, 2.75) is 24.4 Å². The number of aliphatic hydroxyl groups is 1. The molecule has 214 valence electrons. The number of nitrogens with one attached hydrogen (secondary N) is 1. The van der Waals surface area contributed by atoms with Crippen LogP contribution in [0.15, 0.2) is 72.9 Å². The van der Waals surface area contributed by atoms with E-state index < -0.39 is 18.0 Å². The summed E-state index contributed by atoms with van der Waals surface area (Å²) in [5.41, 5.74) is 4.65. The molecule has 3 aromatic carbocycles. The summed E-state index contributed by atoms with van der Waals surface area (Å²) in [4.78, 5) is 33.9. The van der Waals surface area contributed by atoms with Gasteiger partial charge in [0.05, 0.1) is 25.0 Å². The molecule has 4 aromatic rings. The number of rotatable bonds is 5. The topological polar surface area (TPSA) is 95.0 Å². The fourth-order valence-corrected chi connectivity index (χ4v) is 7.11. The van der Waals surface area contributed by atoms with Gasteiger partial charge in [0.1, 0.15) is 21.8 Å². The molecule has 2 N–H and O–H groups in total. The van der Waals surface area contributed by atoms with E-state index in [1.165, 1.54) is 22.3 Å². The molecule has 3 aliphatic rings. The molecule has 2 fully saturated rings. The molecule has 42 heavy (non-hydrogen) atoms. The first-order valence-corrected chi connectivity index (χ1v) is 14.8. The maximum atomic E-state index is 15.4. The number of piperidine rings is 1. The van der Waals surface area contributed by atoms with Gasteiger partial charge in [0.25, 0.3) is 5.91 Å². The summed E-state index contributed by atoms with van der Waals surface area (Å²) in [6.07, 6.45) is 2.07. The zero-order chi connectivity index (χ0) is 28.8. The van der Waals surface area contributed by atoms with Gasteiger partial charge in [-0.1, -0.05) is 36.4 Å². The fraction of sp³-hybridized carbons (Fsp3) is 0.281. The summed E-state index contributed by atoms with van der Waals surface area (Å²) < 4.78 is 20.5. The summed E-state index contributed by atoms with van der Waals surface area (Å²) in [6, 6.07) is 20.6. The lowest BCUT2D eigenvalue weighted by atomic mass is 9.73. The van der Waals surface area contributed by atoms with Crippen LogP contribution in [-0.4, -0.2) is 65.9 Å². The zero-order valence-electron chi connectivity index (χ0n) is 22.8. The second kappa shape index (κ2) is 10.5. The number of ether oxygens (including phenoxy) is 1. The maximum Gasteiger partial charge on any atom is 0.414 e. The highest BCUT2D eigenvalue weighted by Gasteiger charge is 2.43. The van der Waals surface area contributed by atoms with Crippen molar-refractivity contribution in [2.75, 3.05) is 43.0 Å². The first-order chi connectivity index (χ1) is 20.4. The van der Waals surface area contributed by atoms with Crippen molar-refractivity contribution in [3.05, 3.63) is 89.2 Å². The van der Waals surface area contributed by atoms with Crippen LogP contribution in [0.25, 0.3) is 21.7 Å². The van der Waals surface area contributed by atoms with E-state index in [1.54, 1.807) is 18.3 Å². The molecule has 0 saturated carbocycles. The third-order valence-electron chi connectivity index (χ3n) is 8.61. The minimum atomic E-state index is -0.615. The number of aromatic nitrogens is 1. The highest BCUT2D eigenvalue weighted by atomic mass is 32.1. The van der Waals surface area contributed by atoms with Gasteiger partial charge in [-0.05, 0) is 54.3 Å². The predicted molar refractivity (Wildman–Crippen MR) is 159 cm³/mol. The van der Waals surface area contributed by atoms with E-state index in [0.717, 1.165) is 46.8 Å². The molecule has 7 rings (SSSR count). The largest absolute Gasteiger partial charge is 0.441 e. The van der Waals surface area contributed by atoms with Crippen LogP contribution in [0.2, 0.25) is 0 Å². The van der Waals surface area contributed by atoms with Crippen molar-refractivity contribution in [1.29, 1.82) is 0 Å². The monoisotopic (exact) mass is 584 g/mol. The molecule has 2 saturated heterocycles. The second-order valence-electron chi connectivity index (χ2n) is 11.0. The minimum absolute atomic E-state index is 0.0128. The Morgan fingerprint density at radius 1 is 1.10 bits per heavy atom. The second-order valence-corrected chi connectivity index (χ2v) is 12.1. The lowest BCUT2D eigenvalue weighted by Gasteiger charge is -2.39. The molecule has 0 aliphatic carbocycles. The molecular formula is C32H29FN4O4S. The summed E-state index contributed by atoms with van der Waals surface area (Å²) in [7, 11) is 0. The Hall–Kier alpha value is -4.28. The molecule has 1 atom stereocenters. The number of hydrogen-bond donors (Lipinski definition) is 2. The van der Waals surface area contributed by atoms with E-state index in [-0.39, 0.29) is 24.5 Å². The van der Waals surface area contributed by atoms with E-state index >= 15 is 4.39 Å². The van der Waals surface area contributed by atoms with Crippen LogP contribution in [0.1, 0.15) is 28.1 Å². The van der Waals surface area contributed by atoms with Crippen LogP contribution < -0.4 is 10.2 Å². The summed E-state index contributed by atoms with van der Waals surface area (Å²) in [6.45, 7) is 1.94. The number of fused-ring (bicyclic) bond motifs is 2. The number of nitrogens with zero attached hydrogens (tertiary/aromatic N) is 3. The van der Waals surface area contributed by atoms with Gasteiger partial charge in [0.2, 0.25) is 0 Å². The number of halogens is 1. The van der Waals surface area contributed by atoms with Crippen molar-refractivity contribution in [2.24, 2.45) is 0 Å². The van der Waals surface area contributed by atoms with Crippen molar-refractivity contribution < 1.29 is 23.8 Å². The molecule has 0 radical (unpaired) electrons. The van der Waals surface area contributed by atoms with E-state index in [4.69, 9.17) is 4.74 Å². The lowest BCUT2D eigenvalue weighted by molar-refractivity contribution is 0.0681. The maximum absolute atomic E-state index is 15.4. The molecule has 2 amide bonds. The molecule has 1 spiro atoms. The van der Waals surface area contributed by atoms with Crippen LogP contribution in [0.3, 0.4) is 0 Å². The Balaban J connectivity index is 1.08. The zero-order valence-corrected chi connectivity index (χ0v) is 23.6. The van der Waals surface area contributed by atoms with E-state index in [1.807, 2.05) is 47.4 Å². The Labute approximate surface area is 246 Å². The van der Waals surface area contributed by atoms with Gasteiger partial charge in [-0.25, -0.2) is 14.2 Å². The average molecular weight is 585 g/mol. The summed E-state index contributed by atoms with van der Waals surface area (Å²) in [5, 5.41) is 13.7. The quantitative estimate of drug-likeness (QED) is 0.320. The Bertz CT molecular complexity index is 1670. The third-order valence-corrected chi connectivity index (χ3v) is 9.64. The molecular weight excluding hydrogens is 555 g/mol. The Morgan fingerprint density at radius 3 is 2.64 bits per heavy atom. The molecule has 4 heterocycles. The van der Waals surface area contributed by atoms with Gasteiger partial charge < -0.3 is 20.1 Å². The average Bonchev–Trinajstić information content (AvgIpc) is 3.75. The van der Waals surface area contributed by atoms with Gasteiger partial charge in [-0.2, -0.15) is 0 Å². The van der Waals surface area contributed by atoms with Crippen molar-refractivity contribution in [3.63, 3.8) is 0 Å². The molecule has 8 nitrogen and oxygen atoms in total. The lowest BCUT2D eigenvalue weighted by Crippen LogP contribution is -2.46. The van der Waals surface area contributed by atoms with Crippen LogP contribution in [0.4, 0.5) is 20.6 Å². The highest BCUT2D eigenvalue weighted by molar-refractivity contribution is 7.16. The summed E-state index contributed by atoms with van der Waals surface area (Å²) in [5.74, 6) is -0.425. The first kappa shape index (κ1) is 26.6. The van der Waals surface area contributed by atoms with Gasteiger partial charge in [0.15, 0.2) is 0 Å². The number of thiazole rings is 1. The van der Waals surface area contributed by atoms with Crippen molar-refractivity contribution in [1.82, 2.24) is 9.88 Å². The highest BCUT2D eigenvalue weighted by Crippen LogP contribution is 2.46. The van der Waals surface area contributed by atoms with Crippen LogP contribution in [0.5, 0.6) is 0 Å². The van der Waals surface area contributed by atoms with E-state index in [0.29, 0.717) is 29.2 Å². The van der Waals surface area contributed by atoms with Crippen LogP contribution in [0, 0.1) is 5.82 Å². The van der Waals surface area contributed by atoms with Crippen LogP contribution >= 0.6 is 11.3 Å². The van der Waals surface area contributed by atoms with E-state index in [9.17, 15) is 14.7 Å². The fourth-order valence-electron chi connectivity index (χ4n) is 6.22. The molecule has 0 bridgehead atoms. The Morgan fingerprint density at radius 2 is 1.90 bits per heavy atom. The normalized spacial score (nSPS) is 19.1. The van der Waals surface area contributed by atoms with Gasteiger partial charge in [-0.15, -0.1) is 11.3 Å². The number of anilines is 2. The molecule has 1 aromatic heterocycles. The smallest absolute Gasteiger partial charge is 0.414 e. The number of likely N-dealkylation sites (tertiary alicyclic amines) is 1. The number of cyclic esters (lactones) is 1. The Kier molecular flexibility index (Phi) is 6.67. The van der Waals surface area contributed by atoms with Gasteiger partial charge in [-0.3, -0.25) is 9.69 Å². The number of amides is 2. The minimum Gasteiger partial charge on any atom is -0.441 e. The number of benzene rings is 3. The third kappa shape index (κ3) is 4.60. The predicted octanol–water partition coefficient (Wildman–Crippen LogP) is 5.53. The number of hydrogen-bond acceptors (Lipinski definition) is 7. The van der Waals surface area contributed by atoms with Gasteiger partial charge in [0, 0.05) is 41.9 Å². The van der Waals surface area contributed by atoms with E-state index in [2.05, 4.69) is 16.4 Å². The number of aliphatic hydroxyl groups excluding tert-OH is 1. The van der Waals surface area contributed by atoms with Crippen molar-refractivity contribution in [3.8, 4) is 21.7 Å². The number of carbonyl (C=O) groups excluding carboxylic acids is 2.